The molecule has 1 aromatic heterocycles. The maximum absolute atomic E-state index is 11.0. The zero-order valence-electron chi connectivity index (χ0n) is 9.55. The van der Waals surface area contributed by atoms with Crippen LogP contribution in [0.2, 0.25) is 0 Å². The van der Waals surface area contributed by atoms with Crippen LogP contribution in [0.25, 0.3) is 0 Å². The molecule has 1 fully saturated rings. The predicted molar refractivity (Wildman–Crippen MR) is 61.1 cm³/mol. The standard InChI is InChI=1S/C10H14N4O3/c1-17-10-8(14(15)16)9(11-6-12-10)13-7-4-2-3-5-7/h6-7H,2-5H2,1H3,(H,11,12,13). The maximum Gasteiger partial charge on any atom is 0.372 e. The zero-order valence-corrected chi connectivity index (χ0v) is 9.55. The number of hydrogen-bond acceptors (Lipinski definition) is 6. The Balaban J connectivity index is 2.28. The summed E-state index contributed by atoms with van der Waals surface area (Å²) in [4.78, 5) is 18.1. The SMILES string of the molecule is COc1ncnc(NC2CCCC2)c1[N+](=O)[O-]. The summed E-state index contributed by atoms with van der Waals surface area (Å²) in [6, 6.07) is 0.258. The summed E-state index contributed by atoms with van der Waals surface area (Å²) in [5, 5.41) is 14.1. The average molecular weight is 238 g/mol. The summed E-state index contributed by atoms with van der Waals surface area (Å²) in [6.07, 6.45) is 5.59. The number of nitrogens with zero attached hydrogens (tertiary/aromatic N) is 3. The molecule has 0 unspecified atom stereocenters. The molecule has 1 aliphatic carbocycles. The Bertz CT molecular complexity index is 418. The second-order valence-corrected chi connectivity index (χ2v) is 3.96. The molecule has 0 aliphatic heterocycles. The van der Waals surface area contributed by atoms with Crippen molar-refractivity contribution in [1.82, 2.24) is 9.97 Å². The minimum Gasteiger partial charge on any atom is -0.476 e. The Kier molecular flexibility index (Phi) is 3.36. The Hall–Kier alpha value is -1.92. The number of hydrogen-bond donors (Lipinski definition) is 1. The highest BCUT2D eigenvalue weighted by Crippen LogP contribution is 2.32. The summed E-state index contributed by atoms with van der Waals surface area (Å²) in [6.45, 7) is 0. The van der Waals surface area contributed by atoms with Crippen LogP contribution in [0.3, 0.4) is 0 Å². The molecule has 0 amide bonds. The summed E-state index contributed by atoms with van der Waals surface area (Å²) >= 11 is 0. The number of aromatic nitrogens is 2. The van der Waals surface area contributed by atoms with E-state index >= 15 is 0 Å². The van der Waals surface area contributed by atoms with Gasteiger partial charge in [-0.2, -0.15) is 4.98 Å². The highest BCUT2D eigenvalue weighted by molar-refractivity contribution is 5.61. The Morgan fingerprint density at radius 2 is 2.18 bits per heavy atom. The van der Waals surface area contributed by atoms with Gasteiger partial charge in [0.25, 0.3) is 5.88 Å². The third-order valence-electron chi connectivity index (χ3n) is 2.86. The van der Waals surface area contributed by atoms with Gasteiger partial charge < -0.3 is 10.1 Å². The summed E-state index contributed by atoms with van der Waals surface area (Å²) in [5.41, 5.74) is -0.193. The normalized spacial score (nSPS) is 15.8. The van der Waals surface area contributed by atoms with Crippen LogP contribution in [0.1, 0.15) is 25.7 Å². The second-order valence-electron chi connectivity index (χ2n) is 3.96. The quantitative estimate of drug-likeness (QED) is 0.634. The number of anilines is 1. The van der Waals surface area contributed by atoms with E-state index in [0.29, 0.717) is 0 Å². The van der Waals surface area contributed by atoms with Gasteiger partial charge in [-0.25, -0.2) is 4.98 Å². The van der Waals surface area contributed by atoms with Crippen molar-refractivity contribution < 1.29 is 9.66 Å². The van der Waals surface area contributed by atoms with Gasteiger partial charge in [-0.05, 0) is 12.8 Å². The number of methoxy groups -OCH3 is 1. The molecular formula is C10H14N4O3. The Labute approximate surface area is 98.4 Å². The fourth-order valence-electron chi connectivity index (χ4n) is 2.05. The van der Waals surface area contributed by atoms with Gasteiger partial charge >= 0.3 is 5.69 Å². The van der Waals surface area contributed by atoms with Gasteiger partial charge in [0.2, 0.25) is 5.82 Å². The molecule has 1 heterocycles. The summed E-state index contributed by atoms with van der Waals surface area (Å²) < 4.78 is 4.88. The monoisotopic (exact) mass is 238 g/mol. The van der Waals surface area contributed by atoms with Gasteiger partial charge in [0, 0.05) is 6.04 Å². The maximum atomic E-state index is 11.0. The predicted octanol–water partition coefficient (Wildman–Crippen LogP) is 1.75. The van der Waals surface area contributed by atoms with Gasteiger partial charge in [-0.15, -0.1) is 0 Å². The van der Waals surface area contributed by atoms with Crippen molar-refractivity contribution in [2.45, 2.75) is 31.7 Å². The van der Waals surface area contributed by atoms with Gasteiger partial charge in [-0.1, -0.05) is 12.8 Å². The number of rotatable bonds is 4. The lowest BCUT2D eigenvalue weighted by Gasteiger charge is -2.12. The third kappa shape index (κ3) is 2.43. The van der Waals surface area contributed by atoms with Crippen molar-refractivity contribution in [3.05, 3.63) is 16.4 Å². The molecule has 0 atom stereocenters. The van der Waals surface area contributed by atoms with Crippen LogP contribution in [0.15, 0.2) is 6.33 Å². The van der Waals surface area contributed by atoms with Crippen molar-refractivity contribution in [3.8, 4) is 5.88 Å². The molecule has 1 aromatic rings. The largest absolute Gasteiger partial charge is 0.476 e. The lowest BCUT2D eigenvalue weighted by molar-refractivity contribution is -0.385. The van der Waals surface area contributed by atoms with Crippen molar-refractivity contribution in [2.75, 3.05) is 12.4 Å². The van der Waals surface area contributed by atoms with E-state index < -0.39 is 4.92 Å². The molecule has 0 bridgehead atoms. The highest BCUT2D eigenvalue weighted by Gasteiger charge is 2.26. The van der Waals surface area contributed by atoms with E-state index in [2.05, 4.69) is 15.3 Å². The zero-order chi connectivity index (χ0) is 12.3. The van der Waals surface area contributed by atoms with E-state index in [4.69, 9.17) is 4.74 Å². The minimum atomic E-state index is -0.518. The van der Waals surface area contributed by atoms with Gasteiger partial charge in [0.15, 0.2) is 0 Å². The molecule has 0 saturated heterocycles. The van der Waals surface area contributed by atoms with Crippen LogP contribution in [0, 0.1) is 10.1 Å². The molecule has 0 aromatic carbocycles. The van der Waals surface area contributed by atoms with Crippen LogP contribution in [-0.4, -0.2) is 28.0 Å². The summed E-state index contributed by atoms with van der Waals surface area (Å²) in [7, 11) is 1.36. The highest BCUT2D eigenvalue weighted by atomic mass is 16.6. The van der Waals surface area contributed by atoms with Gasteiger partial charge in [0.1, 0.15) is 6.33 Å². The van der Waals surface area contributed by atoms with E-state index in [-0.39, 0.29) is 23.4 Å². The van der Waals surface area contributed by atoms with Crippen LogP contribution >= 0.6 is 0 Å². The molecule has 7 heteroatoms. The van der Waals surface area contributed by atoms with Crippen LogP contribution in [-0.2, 0) is 0 Å². The molecular weight excluding hydrogens is 224 g/mol. The van der Waals surface area contributed by atoms with E-state index in [9.17, 15) is 10.1 Å². The van der Waals surface area contributed by atoms with Crippen molar-refractivity contribution in [2.24, 2.45) is 0 Å². The van der Waals surface area contributed by atoms with Crippen LogP contribution < -0.4 is 10.1 Å². The number of nitro groups is 1. The molecule has 7 nitrogen and oxygen atoms in total. The molecule has 1 N–H and O–H groups in total. The molecule has 92 valence electrons. The average Bonchev–Trinajstić information content (AvgIpc) is 2.81. The fourth-order valence-corrected chi connectivity index (χ4v) is 2.05. The number of ether oxygens (including phenoxy) is 1. The molecule has 0 spiro atoms. The first-order chi connectivity index (χ1) is 8.22. The third-order valence-corrected chi connectivity index (χ3v) is 2.86. The molecule has 2 rings (SSSR count). The van der Waals surface area contributed by atoms with E-state index in [1.807, 2.05) is 0 Å². The minimum absolute atomic E-state index is 0.00880. The topological polar surface area (TPSA) is 90.2 Å². The molecule has 17 heavy (non-hydrogen) atoms. The first-order valence-corrected chi connectivity index (χ1v) is 5.52. The first-order valence-electron chi connectivity index (χ1n) is 5.52. The second kappa shape index (κ2) is 4.94. The lowest BCUT2D eigenvalue weighted by atomic mass is 10.2. The summed E-state index contributed by atoms with van der Waals surface area (Å²) in [5.74, 6) is 0.235. The Morgan fingerprint density at radius 1 is 1.47 bits per heavy atom. The molecule has 1 aliphatic rings. The molecule has 1 saturated carbocycles. The van der Waals surface area contributed by atoms with E-state index in [0.717, 1.165) is 25.7 Å². The van der Waals surface area contributed by atoms with Gasteiger partial charge in [0.05, 0.1) is 12.0 Å². The van der Waals surface area contributed by atoms with Crippen molar-refractivity contribution in [3.63, 3.8) is 0 Å². The van der Waals surface area contributed by atoms with Crippen LogP contribution in [0.5, 0.6) is 5.88 Å². The van der Waals surface area contributed by atoms with Gasteiger partial charge in [-0.3, -0.25) is 10.1 Å². The van der Waals surface area contributed by atoms with E-state index in [1.54, 1.807) is 0 Å². The van der Waals surface area contributed by atoms with Crippen molar-refractivity contribution in [1.29, 1.82) is 0 Å². The smallest absolute Gasteiger partial charge is 0.372 e. The fraction of sp³-hybridized carbons (Fsp3) is 0.600. The van der Waals surface area contributed by atoms with Crippen molar-refractivity contribution >= 4 is 11.5 Å². The molecule has 0 radical (unpaired) electrons. The van der Waals surface area contributed by atoms with E-state index in [1.165, 1.54) is 13.4 Å². The Morgan fingerprint density at radius 3 is 2.76 bits per heavy atom. The number of nitrogens with one attached hydrogen (secondary N) is 1. The first kappa shape index (κ1) is 11.6. The lowest BCUT2D eigenvalue weighted by Crippen LogP contribution is -2.17. The van der Waals surface area contributed by atoms with Crippen LogP contribution in [0.4, 0.5) is 11.5 Å².